The molecular weight excluding hydrogens is 275 g/mol. The maximum atomic E-state index is 13.0. The SMILES string of the molecule is C[C@@H](Br)c1ccc(Br)cc1F. The van der Waals surface area contributed by atoms with Crippen molar-refractivity contribution in [1.29, 1.82) is 0 Å². The van der Waals surface area contributed by atoms with Gasteiger partial charge < -0.3 is 0 Å². The van der Waals surface area contributed by atoms with E-state index in [-0.39, 0.29) is 10.6 Å². The first-order chi connectivity index (χ1) is 5.11. The largest absolute Gasteiger partial charge is 0.207 e. The van der Waals surface area contributed by atoms with Crippen LogP contribution in [0.1, 0.15) is 17.3 Å². The molecule has 3 heteroatoms. The van der Waals surface area contributed by atoms with Gasteiger partial charge in [0.2, 0.25) is 0 Å². The fourth-order valence-electron chi connectivity index (χ4n) is 0.824. The average molecular weight is 282 g/mol. The lowest BCUT2D eigenvalue weighted by Crippen LogP contribution is -1.88. The van der Waals surface area contributed by atoms with Gasteiger partial charge in [-0.05, 0) is 19.1 Å². The number of rotatable bonds is 1. The highest BCUT2D eigenvalue weighted by Gasteiger charge is 2.06. The first-order valence-corrected chi connectivity index (χ1v) is 4.91. The van der Waals surface area contributed by atoms with E-state index < -0.39 is 0 Å². The summed E-state index contributed by atoms with van der Waals surface area (Å²) in [5.74, 6) is -0.177. The molecule has 0 fully saturated rings. The summed E-state index contributed by atoms with van der Waals surface area (Å²) in [4.78, 5) is 0.0654. The highest BCUT2D eigenvalue weighted by atomic mass is 79.9. The molecule has 0 heterocycles. The maximum Gasteiger partial charge on any atom is 0.128 e. The summed E-state index contributed by atoms with van der Waals surface area (Å²) in [6, 6.07) is 5.06. The normalized spacial score (nSPS) is 13.1. The third-order valence-electron chi connectivity index (χ3n) is 1.39. The third-order valence-corrected chi connectivity index (χ3v) is 2.38. The van der Waals surface area contributed by atoms with Crippen LogP contribution < -0.4 is 0 Å². The Kier molecular flexibility index (Phi) is 3.07. The van der Waals surface area contributed by atoms with Crippen LogP contribution in [-0.4, -0.2) is 0 Å². The maximum absolute atomic E-state index is 13.0. The van der Waals surface area contributed by atoms with E-state index in [4.69, 9.17) is 0 Å². The third kappa shape index (κ3) is 2.27. The van der Waals surface area contributed by atoms with E-state index in [9.17, 15) is 4.39 Å². The molecule has 0 aliphatic carbocycles. The van der Waals surface area contributed by atoms with Crippen LogP contribution in [-0.2, 0) is 0 Å². The lowest BCUT2D eigenvalue weighted by Gasteiger charge is -2.04. The molecule has 0 aliphatic heterocycles. The van der Waals surface area contributed by atoms with Gasteiger partial charge in [0.1, 0.15) is 5.82 Å². The topological polar surface area (TPSA) is 0 Å². The summed E-state index contributed by atoms with van der Waals surface area (Å²) in [7, 11) is 0. The van der Waals surface area contributed by atoms with Crippen molar-refractivity contribution in [3.8, 4) is 0 Å². The summed E-state index contributed by atoms with van der Waals surface area (Å²) >= 11 is 6.49. The number of alkyl halides is 1. The number of hydrogen-bond acceptors (Lipinski definition) is 0. The van der Waals surface area contributed by atoms with Gasteiger partial charge in [0.15, 0.2) is 0 Å². The van der Waals surface area contributed by atoms with E-state index in [1.165, 1.54) is 6.07 Å². The summed E-state index contributed by atoms with van der Waals surface area (Å²) in [5.41, 5.74) is 0.688. The van der Waals surface area contributed by atoms with Crippen LogP contribution in [0, 0.1) is 5.82 Å². The standard InChI is InChI=1S/C8H7Br2F/c1-5(9)7-3-2-6(10)4-8(7)11/h2-5H,1H3/t5-/m1/s1. The quantitative estimate of drug-likeness (QED) is 0.682. The fourth-order valence-corrected chi connectivity index (χ4v) is 1.53. The van der Waals surface area contributed by atoms with Crippen molar-refractivity contribution < 1.29 is 4.39 Å². The number of hydrogen-bond donors (Lipinski definition) is 0. The molecule has 0 radical (unpaired) electrons. The highest BCUT2D eigenvalue weighted by Crippen LogP contribution is 2.26. The lowest BCUT2D eigenvalue weighted by molar-refractivity contribution is 0.611. The highest BCUT2D eigenvalue weighted by molar-refractivity contribution is 9.10. The molecular formula is C8H7Br2F. The second-order valence-corrected chi connectivity index (χ2v) is 4.57. The number of halogens is 3. The Hall–Kier alpha value is 0.110. The fraction of sp³-hybridized carbons (Fsp3) is 0.250. The number of benzene rings is 1. The van der Waals surface area contributed by atoms with Gasteiger partial charge >= 0.3 is 0 Å². The van der Waals surface area contributed by atoms with Gasteiger partial charge in [-0.3, -0.25) is 0 Å². The van der Waals surface area contributed by atoms with Crippen LogP contribution in [0.5, 0.6) is 0 Å². The summed E-state index contributed by atoms with van der Waals surface area (Å²) in [5, 5.41) is 0. The Balaban J connectivity index is 3.09. The smallest absolute Gasteiger partial charge is 0.128 e. The molecule has 60 valence electrons. The predicted molar refractivity (Wildman–Crippen MR) is 51.4 cm³/mol. The molecule has 11 heavy (non-hydrogen) atoms. The minimum absolute atomic E-state index is 0.0654. The van der Waals surface area contributed by atoms with Gasteiger partial charge in [0.25, 0.3) is 0 Å². The van der Waals surface area contributed by atoms with Crippen LogP contribution >= 0.6 is 31.9 Å². The molecule has 0 spiro atoms. The van der Waals surface area contributed by atoms with Crippen LogP contribution in [0.2, 0.25) is 0 Å². The Morgan fingerprint density at radius 3 is 2.55 bits per heavy atom. The first-order valence-electron chi connectivity index (χ1n) is 3.20. The van der Waals surface area contributed by atoms with E-state index in [2.05, 4.69) is 31.9 Å². The zero-order chi connectivity index (χ0) is 8.43. The van der Waals surface area contributed by atoms with Gasteiger partial charge in [-0.25, -0.2) is 4.39 Å². The van der Waals surface area contributed by atoms with E-state index in [0.29, 0.717) is 5.56 Å². The molecule has 0 N–H and O–H groups in total. The molecule has 0 bridgehead atoms. The molecule has 1 aromatic rings. The zero-order valence-electron chi connectivity index (χ0n) is 5.94. The van der Waals surface area contributed by atoms with Gasteiger partial charge in [-0.15, -0.1) is 0 Å². The predicted octanol–water partition coefficient (Wildman–Crippen LogP) is 4.04. The van der Waals surface area contributed by atoms with Crippen LogP contribution in [0.25, 0.3) is 0 Å². The Labute approximate surface area is 82.1 Å². The minimum atomic E-state index is -0.177. The second kappa shape index (κ2) is 3.68. The average Bonchev–Trinajstić information content (AvgIpc) is 1.85. The Morgan fingerprint density at radius 1 is 1.45 bits per heavy atom. The van der Waals surface area contributed by atoms with Crippen molar-refractivity contribution in [3.63, 3.8) is 0 Å². The molecule has 0 unspecified atom stereocenters. The molecule has 0 aromatic heterocycles. The second-order valence-electron chi connectivity index (χ2n) is 2.28. The van der Waals surface area contributed by atoms with Crippen molar-refractivity contribution in [2.75, 3.05) is 0 Å². The van der Waals surface area contributed by atoms with Crippen molar-refractivity contribution in [1.82, 2.24) is 0 Å². The minimum Gasteiger partial charge on any atom is -0.207 e. The van der Waals surface area contributed by atoms with Gasteiger partial charge in [0.05, 0.1) is 0 Å². The molecule has 0 aliphatic rings. The summed E-state index contributed by atoms with van der Waals surface area (Å²) in [6.07, 6.45) is 0. The molecule has 1 aromatic carbocycles. The summed E-state index contributed by atoms with van der Waals surface area (Å²) in [6.45, 7) is 1.90. The van der Waals surface area contributed by atoms with Crippen molar-refractivity contribution in [3.05, 3.63) is 34.1 Å². The molecule has 1 atom stereocenters. The Morgan fingerprint density at radius 2 is 2.09 bits per heavy atom. The van der Waals surface area contributed by atoms with Gasteiger partial charge in [0, 0.05) is 14.9 Å². The molecule has 0 saturated carbocycles. The molecule has 0 saturated heterocycles. The summed E-state index contributed by atoms with van der Waals surface area (Å²) < 4.78 is 13.8. The molecule has 0 nitrogen and oxygen atoms in total. The first kappa shape index (κ1) is 9.20. The van der Waals surface area contributed by atoms with Gasteiger partial charge in [-0.1, -0.05) is 37.9 Å². The van der Waals surface area contributed by atoms with E-state index in [1.54, 1.807) is 6.07 Å². The molecule has 0 amide bonds. The van der Waals surface area contributed by atoms with Crippen LogP contribution in [0.15, 0.2) is 22.7 Å². The van der Waals surface area contributed by atoms with Crippen molar-refractivity contribution in [2.24, 2.45) is 0 Å². The Bertz CT molecular complexity index is 258. The lowest BCUT2D eigenvalue weighted by atomic mass is 10.2. The van der Waals surface area contributed by atoms with E-state index in [0.717, 1.165) is 4.47 Å². The van der Waals surface area contributed by atoms with E-state index in [1.807, 2.05) is 13.0 Å². The van der Waals surface area contributed by atoms with Crippen molar-refractivity contribution >= 4 is 31.9 Å². The van der Waals surface area contributed by atoms with Crippen LogP contribution in [0.4, 0.5) is 4.39 Å². The molecule has 1 rings (SSSR count). The monoisotopic (exact) mass is 280 g/mol. The van der Waals surface area contributed by atoms with Crippen molar-refractivity contribution in [2.45, 2.75) is 11.8 Å². The zero-order valence-corrected chi connectivity index (χ0v) is 9.12. The van der Waals surface area contributed by atoms with Crippen LogP contribution in [0.3, 0.4) is 0 Å². The van der Waals surface area contributed by atoms with E-state index >= 15 is 0 Å². The van der Waals surface area contributed by atoms with Gasteiger partial charge in [-0.2, -0.15) is 0 Å².